The first-order valence-electron chi connectivity index (χ1n) is 6.72. The van der Waals surface area contributed by atoms with Crippen molar-refractivity contribution in [3.63, 3.8) is 0 Å². The molecule has 5 nitrogen and oxygen atoms in total. The van der Waals surface area contributed by atoms with E-state index in [-0.39, 0.29) is 11.8 Å². The predicted octanol–water partition coefficient (Wildman–Crippen LogP) is 0.903. The molecule has 1 aliphatic heterocycles. The zero-order valence-electron chi connectivity index (χ0n) is 12.0. The molecule has 0 unspecified atom stereocenters. The molecule has 0 aliphatic carbocycles. The van der Waals surface area contributed by atoms with E-state index in [1.165, 1.54) is 7.11 Å². The highest BCUT2D eigenvalue weighted by atomic mass is 16.5. The number of ketones is 1. The summed E-state index contributed by atoms with van der Waals surface area (Å²) in [5.41, 5.74) is 1.10. The van der Waals surface area contributed by atoms with Gasteiger partial charge in [-0.05, 0) is 19.2 Å². The van der Waals surface area contributed by atoms with E-state index in [2.05, 4.69) is 21.6 Å². The van der Waals surface area contributed by atoms with Crippen LogP contribution >= 0.6 is 0 Å². The summed E-state index contributed by atoms with van der Waals surface area (Å²) < 4.78 is 4.63. The molecule has 2 rings (SSSR count). The summed E-state index contributed by atoms with van der Waals surface area (Å²) in [7, 11) is 3.43. The summed E-state index contributed by atoms with van der Waals surface area (Å²) in [6, 6.07) is 6.63. The number of piperazine rings is 1. The van der Waals surface area contributed by atoms with Gasteiger partial charge in [0.2, 0.25) is 0 Å². The molecule has 0 radical (unpaired) electrons. The van der Waals surface area contributed by atoms with E-state index >= 15 is 0 Å². The zero-order chi connectivity index (χ0) is 14.5. The quantitative estimate of drug-likeness (QED) is 0.604. The van der Waals surface area contributed by atoms with E-state index in [0.717, 1.165) is 26.2 Å². The van der Waals surface area contributed by atoms with Crippen molar-refractivity contribution in [2.75, 3.05) is 46.9 Å². The molecule has 0 spiro atoms. The van der Waals surface area contributed by atoms with Crippen LogP contribution in [-0.4, -0.2) is 68.4 Å². The van der Waals surface area contributed by atoms with Gasteiger partial charge in [-0.15, -0.1) is 0 Å². The Morgan fingerprint density at radius 3 is 2.15 bits per heavy atom. The monoisotopic (exact) mass is 276 g/mol. The Labute approximate surface area is 119 Å². The zero-order valence-corrected chi connectivity index (χ0v) is 12.0. The average Bonchev–Trinajstić information content (AvgIpc) is 2.49. The molecule has 0 amide bonds. The van der Waals surface area contributed by atoms with E-state index in [1.807, 2.05) is 0 Å². The smallest absolute Gasteiger partial charge is 0.337 e. The molecule has 5 heteroatoms. The maximum absolute atomic E-state index is 12.2. The predicted molar refractivity (Wildman–Crippen MR) is 76.0 cm³/mol. The first kappa shape index (κ1) is 14.7. The van der Waals surface area contributed by atoms with E-state index in [0.29, 0.717) is 17.7 Å². The third-order valence-electron chi connectivity index (χ3n) is 3.59. The number of carbonyl (C=O) groups is 2. The average molecular weight is 276 g/mol. The molecule has 1 aromatic rings. The number of esters is 1. The van der Waals surface area contributed by atoms with Gasteiger partial charge in [-0.25, -0.2) is 4.79 Å². The van der Waals surface area contributed by atoms with Crippen molar-refractivity contribution in [2.24, 2.45) is 0 Å². The Kier molecular flexibility index (Phi) is 4.87. The molecule has 20 heavy (non-hydrogen) atoms. The number of carbonyl (C=O) groups excluding carboxylic acids is 2. The van der Waals surface area contributed by atoms with Gasteiger partial charge < -0.3 is 9.64 Å². The van der Waals surface area contributed by atoms with Gasteiger partial charge in [0.05, 0.1) is 19.2 Å². The Hall–Kier alpha value is -1.72. The van der Waals surface area contributed by atoms with E-state index in [1.54, 1.807) is 24.3 Å². The van der Waals surface area contributed by atoms with Gasteiger partial charge in [-0.3, -0.25) is 9.69 Å². The topological polar surface area (TPSA) is 49.9 Å². The van der Waals surface area contributed by atoms with Gasteiger partial charge >= 0.3 is 5.97 Å². The summed E-state index contributed by atoms with van der Waals surface area (Å²) in [5, 5.41) is 0. The van der Waals surface area contributed by atoms with Gasteiger partial charge in [0.1, 0.15) is 0 Å². The van der Waals surface area contributed by atoms with Crippen LogP contribution in [0.1, 0.15) is 20.7 Å². The van der Waals surface area contributed by atoms with Gasteiger partial charge in [0.25, 0.3) is 0 Å². The summed E-state index contributed by atoms with van der Waals surface area (Å²) in [5.74, 6) is -0.297. The fraction of sp³-hybridized carbons (Fsp3) is 0.467. The molecule has 0 aromatic heterocycles. The summed E-state index contributed by atoms with van der Waals surface area (Å²) in [6.07, 6.45) is 0. The molecule has 1 saturated heterocycles. The number of hydrogen-bond acceptors (Lipinski definition) is 5. The van der Waals surface area contributed by atoms with Crippen molar-refractivity contribution in [1.82, 2.24) is 9.80 Å². The molecule has 1 fully saturated rings. The van der Waals surface area contributed by atoms with Crippen LogP contribution in [0.3, 0.4) is 0 Å². The maximum Gasteiger partial charge on any atom is 0.337 e. The van der Waals surface area contributed by atoms with Crippen molar-refractivity contribution in [3.05, 3.63) is 35.4 Å². The van der Waals surface area contributed by atoms with Crippen LogP contribution in [0.5, 0.6) is 0 Å². The second-order valence-electron chi connectivity index (χ2n) is 5.07. The minimum absolute atomic E-state index is 0.0889. The lowest BCUT2D eigenvalue weighted by molar-refractivity contribution is 0.0600. The van der Waals surface area contributed by atoms with Crippen LogP contribution in [0.4, 0.5) is 0 Å². The molecule has 1 aromatic carbocycles. The van der Waals surface area contributed by atoms with Crippen LogP contribution in [-0.2, 0) is 4.74 Å². The Morgan fingerprint density at radius 2 is 1.60 bits per heavy atom. The van der Waals surface area contributed by atoms with Gasteiger partial charge in [0.15, 0.2) is 5.78 Å². The minimum atomic E-state index is -0.386. The first-order valence-corrected chi connectivity index (χ1v) is 6.72. The lowest BCUT2D eigenvalue weighted by Gasteiger charge is -2.31. The van der Waals surface area contributed by atoms with E-state index in [9.17, 15) is 9.59 Å². The molecule has 1 heterocycles. The Bertz CT molecular complexity index is 476. The van der Waals surface area contributed by atoms with Crippen molar-refractivity contribution in [3.8, 4) is 0 Å². The molecule has 1 aliphatic rings. The van der Waals surface area contributed by atoms with Crippen LogP contribution in [0.15, 0.2) is 24.3 Å². The van der Waals surface area contributed by atoms with Crippen LogP contribution in [0, 0.1) is 0 Å². The second-order valence-corrected chi connectivity index (χ2v) is 5.07. The molecule has 0 saturated carbocycles. The number of rotatable bonds is 4. The Balaban J connectivity index is 1.94. The van der Waals surface area contributed by atoms with Gasteiger partial charge in [0, 0.05) is 31.7 Å². The van der Waals surface area contributed by atoms with E-state index < -0.39 is 0 Å². The van der Waals surface area contributed by atoms with Crippen molar-refractivity contribution < 1.29 is 14.3 Å². The highest BCUT2D eigenvalue weighted by Gasteiger charge is 2.17. The van der Waals surface area contributed by atoms with E-state index in [4.69, 9.17) is 0 Å². The molecule has 0 bridgehead atoms. The third kappa shape index (κ3) is 3.65. The Morgan fingerprint density at radius 1 is 1.05 bits per heavy atom. The first-order chi connectivity index (χ1) is 9.60. The largest absolute Gasteiger partial charge is 0.465 e. The number of ether oxygens (including phenoxy) is 1. The molecule has 0 N–H and O–H groups in total. The number of benzene rings is 1. The summed E-state index contributed by atoms with van der Waals surface area (Å²) >= 11 is 0. The van der Waals surface area contributed by atoms with Gasteiger partial charge in [-0.1, -0.05) is 12.1 Å². The van der Waals surface area contributed by atoms with Crippen molar-refractivity contribution >= 4 is 11.8 Å². The third-order valence-corrected chi connectivity index (χ3v) is 3.59. The van der Waals surface area contributed by atoms with Crippen LogP contribution in [0.25, 0.3) is 0 Å². The number of nitrogens with zero attached hydrogens (tertiary/aromatic N) is 2. The molecule has 0 atom stereocenters. The number of methoxy groups -OCH3 is 1. The van der Waals surface area contributed by atoms with Gasteiger partial charge in [-0.2, -0.15) is 0 Å². The standard InChI is InChI=1S/C15H20N2O3/c1-16-7-9-17(10-8-16)11-14(18)12-3-5-13(6-4-12)15(19)20-2/h3-6H,7-11H2,1-2H3. The SMILES string of the molecule is COC(=O)c1ccc(C(=O)CN2CCN(C)CC2)cc1. The van der Waals surface area contributed by atoms with Crippen molar-refractivity contribution in [1.29, 1.82) is 0 Å². The molecular weight excluding hydrogens is 256 g/mol. The number of Topliss-reactive ketones (excluding diaryl/α,β-unsaturated/α-hetero) is 1. The second kappa shape index (κ2) is 6.63. The summed E-state index contributed by atoms with van der Waals surface area (Å²) in [4.78, 5) is 27.9. The fourth-order valence-corrected chi connectivity index (χ4v) is 2.21. The molecular formula is C15H20N2O3. The lowest BCUT2D eigenvalue weighted by atomic mass is 10.1. The number of likely N-dealkylation sites (N-methyl/N-ethyl adjacent to an activating group) is 1. The lowest BCUT2D eigenvalue weighted by Crippen LogP contribution is -2.46. The highest BCUT2D eigenvalue weighted by molar-refractivity contribution is 5.98. The fourth-order valence-electron chi connectivity index (χ4n) is 2.21. The number of hydrogen-bond donors (Lipinski definition) is 0. The maximum atomic E-state index is 12.2. The normalized spacial score (nSPS) is 16.9. The summed E-state index contributed by atoms with van der Waals surface area (Å²) in [6.45, 7) is 4.26. The molecule has 108 valence electrons. The van der Waals surface area contributed by atoms with Crippen LogP contribution < -0.4 is 0 Å². The van der Waals surface area contributed by atoms with Crippen LogP contribution in [0.2, 0.25) is 0 Å². The highest BCUT2D eigenvalue weighted by Crippen LogP contribution is 2.08. The van der Waals surface area contributed by atoms with Crippen molar-refractivity contribution in [2.45, 2.75) is 0 Å². The minimum Gasteiger partial charge on any atom is -0.465 e.